The second kappa shape index (κ2) is 8.25. The van der Waals surface area contributed by atoms with Crippen LogP contribution in [0, 0.1) is 28.9 Å². The summed E-state index contributed by atoms with van der Waals surface area (Å²) in [6.07, 6.45) is 2.58. The predicted octanol–water partition coefficient (Wildman–Crippen LogP) is 4.89. The second-order valence-electron chi connectivity index (χ2n) is 7.17. The number of nitrogens with one attached hydrogen (secondary N) is 1. The van der Waals surface area contributed by atoms with Crippen molar-refractivity contribution in [3.63, 3.8) is 0 Å². The Balaban J connectivity index is 1.51. The molecule has 2 heterocycles. The van der Waals surface area contributed by atoms with Crippen molar-refractivity contribution in [1.29, 1.82) is 5.26 Å². The maximum absolute atomic E-state index is 13.8. The molecule has 0 unspecified atom stereocenters. The highest BCUT2D eigenvalue weighted by Gasteiger charge is 2.27. The lowest BCUT2D eigenvalue weighted by atomic mass is 9.94. The summed E-state index contributed by atoms with van der Waals surface area (Å²) < 4.78 is 27.4. The minimum Gasteiger partial charge on any atom is -0.370 e. The van der Waals surface area contributed by atoms with Crippen LogP contribution in [0.5, 0.6) is 0 Å². The van der Waals surface area contributed by atoms with Gasteiger partial charge in [-0.15, -0.1) is 0 Å². The standard InChI is InChI=1S/C22H17ClF2N4O/c23-18-3-2-16(10-19(18)25)28-22(30)13-5-7-29(8-6-13)21-14(11-26)12-27-20-4-1-15(24)9-17(20)21/h1-4,9-10,12-13H,5-8H2,(H,28,30). The van der Waals surface area contributed by atoms with E-state index in [0.29, 0.717) is 53.8 Å². The Kier molecular flexibility index (Phi) is 5.51. The van der Waals surface area contributed by atoms with Gasteiger partial charge in [-0.1, -0.05) is 11.6 Å². The third-order valence-electron chi connectivity index (χ3n) is 5.29. The molecular weight excluding hydrogens is 410 g/mol. The van der Waals surface area contributed by atoms with E-state index in [1.165, 1.54) is 30.5 Å². The highest BCUT2D eigenvalue weighted by molar-refractivity contribution is 6.30. The molecule has 2 aromatic carbocycles. The number of fused-ring (bicyclic) bond motifs is 1. The lowest BCUT2D eigenvalue weighted by Gasteiger charge is -2.34. The number of anilines is 2. The molecule has 5 nitrogen and oxygen atoms in total. The average Bonchev–Trinajstić information content (AvgIpc) is 2.75. The lowest BCUT2D eigenvalue weighted by molar-refractivity contribution is -0.120. The van der Waals surface area contributed by atoms with Gasteiger partial charge in [0.25, 0.3) is 0 Å². The number of halogens is 3. The zero-order valence-corrected chi connectivity index (χ0v) is 16.6. The largest absolute Gasteiger partial charge is 0.370 e. The molecule has 1 fully saturated rings. The van der Waals surface area contributed by atoms with Crippen molar-refractivity contribution in [2.75, 3.05) is 23.3 Å². The van der Waals surface area contributed by atoms with Gasteiger partial charge in [-0.25, -0.2) is 8.78 Å². The Hall–Kier alpha value is -3.24. The third-order valence-corrected chi connectivity index (χ3v) is 5.60. The minimum atomic E-state index is -0.592. The molecule has 0 aliphatic carbocycles. The predicted molar refractivity (Wildman–Crippen MR) is 111 cm³/mol. The molecule has 3 aromatic rings. The normalized spacial score (nSPS) is 14.5. The fraction of sp³-hybridized carbons (Fsp3) is 0.227. The van der Waals surface area contributed by atoms with Crippen LogP contribution < -0.4 is 10.2 Å². The summed E-state index contributed by atoms with van der Waals surface area (Å²) in [6.45, 7) is 1.05. The number of hydrogen-bond acceptors (Lipinski definition) is 4. The zero-order valence-electron chi connectivity index (χ0n) is 15.8. The Labute approximate surface area is 176 Å². The topological polar surface area (TPSA) is 69.0 Å². The Morgan fingerprint density at radius 1 is 1.20 bits per heavy atom. The minimum absolute atomic E-state index is 0.00406. The van der Waals surface area contributed by atoms with E-state index in [1.54, 1.807) is 12.1 Å². The fourth-order valence-corrected chi connectivity index (χ4v) is 3.87. The first kappa shape index (κ1) is 20.0. The maximum Gasteiger partial charge on any atom is 0.227 e. The number of benzene rings is 2. The van der Waals surface area contributed by atoms with E-state index in [0.717, 1.165) is 0 Å². The Bertz CT molecular complexity index is 1170. The maximum atomic E-state index is 13.8. The van der Waals surface area contributed by atoms with Gasteiger partial charge >= 0.3 is 0 Å². The number of hydrogen-bond donors (Lipinski definition) is 1. The van der Waals surface area contributed by atoms with Gasteiger partial charge in [0.05, 0.1) is 21.8 Å². The Morgan fingerprint density at radius 2 is 1.97 bits per heavy atom. The van der Waals surface area contributed by atoms with Crippen LogP contribution in [0.15, 0.2) is 42.6 Å². The third kappa shape index (κ3) is 3.91. The van der Waals surface area contributed by atoms with Crippen LogP contribution in [0.2, 0.25) is 5.02 Å². The summed E-state index contributed by atoms with van der Waals surface area (Å²) in [5.74, 6) is -1.44. The number of amides is 1. The number of nitrogens with zero attached hydrogens (tertiary/aromatic N) is 3. The zero-order chi connectivity index (χ0) is 21.3. The fourth-order valence-electron chi connectivity index (χ4n) is 3.76. The number of carbonyl (C=O) groups excluding carboxylic acids is 1. The van der Waals surface area contributed by atoms with Crippen LogP contribution in [0.25, 0.3) is 10.9 Å². The van der Waals surface area contributed by atoms with Crippen molar-refractivity contribution in [2.45, 2.75) is 12.8 Å². The van der Waals surface area contributed by atoms with E-state index in [4.69, 9.17) is 11.6 Å². The van der Waals surface area contributed by atoms with Crippen LogP contribution >= 0.6 is 11.6 Å². The molecule has 1 aliphatic heterocycles. The molecule has 0 radical (unpaired) electrons. The first-order valence-electron chi connectivity index (χ1n) is 9.45. The lowest BCUT2D eigenvalue weighted by Crippen LogP contribution is -2.38. The molecule has 8 heteroatoms. The van der Waals surface area contributed by atoms with E-state index in [2.05, 4.69) is 16.4 Å². The smallest absolute Gasteiger partial charge is 0.227 e. The van der Waals surface area contributed by atoms with Crippen LogP contribution in [-0.2, 0) is 4.79 Å². The Morgan fingerprint density at radius 3 is 2.67 bits per heavy atom. The van der Waals surface area contributed by atoms with Crippen molar-refractivity contribution >= 4 is 39.8 Å². The van der Waals surface area contributed by atoms with Crippen molar-refractivity contribution in [3.05, 3.63) is 64.8 Å². The van der Waals surface area contributed by atoms with Gasteiger partial charge in [0.2, 0.25) is 5.91 Å². The summed E-state index contributed by atoms with van der Waals surface area (Å²) in [5.41, 5.74) is 1.97. The van der Waals surface area contributed by atoms with Gasteiger partial charge in [-0.05, 0) is 49.2 Å². The number of rotatable bonds is 3. The number of aromatic nitrogens is 1. The number of nitriles is 1. The number of pyridine rings is 1. The second-order valence-corrected chi connectivity index (χ2v) is 7.58. The van der Waals surface area contributed by atoms with E-state index in [1.807, 2.05) is 4.90 Å². The van der Waals surface area contributed by atoms with Crippen molar-refractivity contribution in [1.82, 2.24) is 4.98 Å². The van der Waals surface area contributed by atoms with Crippen LogP contribution in [0.4, 0.5) is 20.2 Å². The number of piperidine rings is 1. The van der Waals surface area contributed by atoms with Crippen molar-refractivity contribution in [3.8, 4) is 6.07 Å². The highest BCUT2D eigenvalue weighted by Crippen LogP contribution is 2.33. The summed E-state index contributed by atoms with van der Waals surface area (Å²) in [5, 5.41) is 12.8. The molecule has 0 saturated carbocycles. The first-order chi connectivity index (χ1) is 14.5. The molecule has 1 saturated heterocycles. The van der Waals surface area contributed by atoms with Gasteiger partial charge in [0.1, 0.15) is 17.7 Å². The summed E-state index contributed by atoms with van der Waals surface area (Å²) in [6, 6.07) is 10.6. The molecule has 152 valence electrons. The van der Waals surface area contributed by atoms with Crippen molar-refractivity contribution in [2.24, 2.45) is 5.92 Å². The molecule has 0 spiro atoms. The van der Waals surface area contributed by atoms with Gasteiger partial charge in [0, 0.05) is 36.3 Å². The number of carbonyl (C=O) groups is 1. The molecule has 30 heavy (non-hydrogen) atoms. The van der Waals surface area contributed by atoms with Gasteiger partial charge in [-0.2, -0.15) is 5.26 Å². The van der Waals surface area contributed by atoms with Crippen LogP contribution in [-0.4, -0.2) is 24.0 Å². The highest BCUT2D eigenvalue weighted by atomic mass is 35.5. The quantitative estimate of drug-likeness (QED) is 0.647. The average molecular weight is 427 g/mol. The molecule has 1 N–H and O–H groups in total. The van der Waals surface area contributed by atoms with E-state index in [-0.39, 0.29) is 16.8 Å². The summed E-state index contributed by atoms with van der Waals surface area (Å²) in [4.78, 5) is 18.8. The molecule has 4 rings (SSSR count). The summed E-state index contributed by atoms with van der Waals surface area (Å²) in [7, 11) is 0. The molecule has 1 aromatic heterocycles. The first-order valence-corrected chi connectivity index (χ1v) is 9.83. The van der Waals surface area contributed by atoms with Crippen LogP contribution in [0.1, 0.15) is 18.4 Å². The van der Waals surface area contributed by atoms with Gasteiger partial charge in [-0.3, -0.25) is 9.78 Å². The molecule has 1 amide bonds. The van der Waals surface area contributed by atoms with Crippen LogP contribution in [0.3, 0.4) is 0 Å². The molecule has 0 atom stereocenters. The molecular formula is C22H17ClF2N4O. The van der Waals surface area contributed by atoms with E-state index in [9.17, 15) is 18.8 Å². The van der Waals surface area contributed by atoms with Gasteiger partial charge < -0.3 is 10.2 Å². The van der Waals surface area contributed by atoms with Crippen molar-refractivity contribution < 1.29 is 13.6 Å². The SMILES string of the molecule is N#Cc1cnc2ccc(F)cc2c1N1CCC(C(=O)Nc2ccc(Cl)c(F)c2)CC1. The van der Waals surface area contributed by atoms with Gasteiger partial charge in [0.15, 0.2) is 0 Å². The molecule has 0 bridgehead atoms. The molecule has 1 aliphatic rings. The van der Waals surface area contributed by atoms with E-state index >= 15 is 0 Å². The summed E-state index contributed by atoms with van der Waals surface area (Å²) >= 11 is 5.67. The van der Waals surface area contributed by atoms with E-state index < -0.39 is 11.6 Å². The monoisotopic (exact) mass is 426 g/mol.